The molecule has 0 aliphatic carbocycles. The van der Waals surface area contributed by atoms with Crippen molar-refractivity contribution < 1.29 is 4.74 Å². The van der Waals surface area contributed by atoms with Gasteiger partial charge in [-0.2, -0.15) is 5.10 Å². The fourth-order valence-corrected chi connectivity index (χ4v) is 3.84. The van der Waals surface area contributed by atoms with Crippen molar-refractivity contribution in [3.8, 4) is 17.0 Å². The van der Waals surface area contributed by atoms with Crippen molar-refractivity contribution in [3.63, 3.8) is 0 Å². The molecule has 1 aromatic heterocycles. The third kappa shape index (κ3) is 5.06. The van der Waals surface area contributed by atoms with Gasteiger partial charge in [-0.05, 0) is 36.8 Å². The molecule has 6 heteroatoms. The Balaban J connectivity index is 1.43. The number of rotatable bonds is 7. The number of aryl methyl sites for hydroxylation is 1. The molecule has 1 heterocycles. The molecule has 0 atom stereocenters. The van der Waals surface area contributed by atoms with E-state index in [1.54, 1.807) is 17.6 Å². The van der Waals surface area contributed by atoms with Gasteiger partial charge in [-0.25, -0.2) is 4.98 Å². The van der Waals surface area contributed by atoms with Gasteiger partial charge < -0.3 is 4.74 Å². The van der Waals surface area contributed by atoms with Gasteiger partial charge in [0.2, 0.25) is 5.13 Å². The molecule has 4 aromatic rings. The van der Waals surface area contributed by atoms with Crippen LogP contribution in [-0.4, -0.2) is 11.2 Å². The summed E-state index contributed by atoms with van der Waals surface area (Å²) in [6, 6.07) is 25.6. The summed E-state index contributed by atoms with van der Waals surface area (Å²) in [5, 5.41) is 5.83. The van der Waals surface area contributed by atoms with Gasteiger partial charge in [0.15, 0.2) is 0 Å². The minimum Gasteiger partial charge on any atom is -0.488 e. The Bertz CT molecular complexity index is 1140. The van der Waals surface area contributed by atoms with Gasteiger partial charge in [0.25, 0.3) is 0 Å². The Morgan fingerprint density at radius 3 is 2.53 bits per heavy atom. The maximum Gasteiger partial charge on any atom is 0.204 e. The van der Waals surface area contributed by atoms with E-state index in [2.05, 4.69) is 34.6 Å². The first kappa shape index (κ1) is 20.1. The van der Waals surface area contributed by atoms with E-state index in [1.165, 1.54) is 0 Å². The predicted molar refractivity (Wildman–Crippen MR) is 126 cm³/mol. The van der Waals surface area contributed by atoms with Crippen molar-refractivity contribution in [2.75, 3.05) is 5.43 Å². The van der Waals surface area contributed by atoms with Gasteiger partial charge in [-0.1, -0.05) is 66.2 Å². The van der Waals surface area contributed by atoms with Crippen LogP contribution in [0.3, 0.4) is 0 Å². The van der Waals surface area contributed by atoms with E-state index in [0.29, 0.717) is 11.6 Å². The molecule has 150 valence electrons. The molecule has 0 unspecified atom stereocenters. The van der Waals surface area contributed by atoms with Crippen LogP contribution in [0.4, 0.5) is 5.13 Å². The Labute approximate surface area is 184 Å². The topological polar surface area (TPSA) is 46.5 Å². The minimum atomic E-state index is 0.460. The van der Waals surface area contributed by atoms with Crippen LogP contribution >= 0.6 is 22.9 Å². The Hall–Kier alpha value is -3.15. The third-order valence-corrected chi connectivity index (χ3v) is 5.56. The predicted octanol–water partition coefficient (Wildman–Crippen LogP) is 6.80. The van der Waals surface area contributed by atoms with Crippen molar-refractivity contribution in [1.82, 2.24) is 4.98 Å². The molecule has 0 fully saturated rings. The lowest BCUT2D eigenvalue weighted by molar-refractivity contribution is 0.306. The summed E-state index contributed by atoms with van der Waals surface area (Å²) >= 11 is 7.52. The SMILES string of the molecule is Cc1sc(N/N=C/c2ccccc2OCc2ccc(Cl)cc2)nc1-c1ccccc1. The Morgan fingerprint density at radius 1 is 1.00 bits per heavy atom. The van der Waals surface area contributed by atoms with Crippen molar-refractivity contribution >= 4 is 34.3 Å². The number of anilines is 1. The molecule has 0 aliphatic rings. The molecule has 4 rings (SSSR count). The van der Waals surface area contributed by atoms with E-state index in [9.17, 15) is 0 Å². The highest BCUT2D eigenvalue weighted by molar-refractivity contribution is 7.15. The molecule has 0 aliphatic heterocycles. The minimum absolute atomic E-state index is 0.460. The number of thiazole rings is 1. The lowest BCUT2D eigenvalue weighted by Gasteiger charge is -2.09. The van der Waals surface area contributed by atoms with E-state index in [-0.39, 0.29) is 0 Å². The second-order valence-electron chi connectivity index (χ2n) is 6.61. The standard InChI is InChI=1S/C24H20ClN3OS/c1-17-23(19-7-3-2-4-8-19)27-24(30-17)28-26-15-20-9-5-6-10-22(20)29-16-18-11-13-21(25)14-12-18/h2-15H,16H2,1H3,(H,27,28)/b26-15+. The first-order valence-electron chi connectivity index (χ1n) is 9.47. The highest BCUT2D eigenvalue weighted by atomic mass is 35.5. The summed E-state index contributed by atoms with van der Waals surface area (Å²) in [5.74, 6) is 0.762. The maximum atomic E-state index is 5.97. The molecule has 0 saturated heterocycles. The van der Waals surface area contributed by atoms with Gasteiger partial charge in [0.1, 0.15) is 12.4 Å². The fourth-order valence-electron chi connectivity index (χ4n) is 2.93. The number of nitrogens with one attached hydrogen (secondary N) is 1. The molecule has 3 aromatic carbocycles. The number of ether oxygens (including phenoxy) is 1. The first-order chi connectivity index (χ1) is 14.7. The maximum absolute atomic E-state index is 5.97. The monoisotopic (exact) mass is 433 g/mol. The Kier molecular flexibility index (Phi) is 6.42. The first-order valence-corrected chi connectivity index (χ1v) is 10.7. The molecular formula is C24H20ClN3OS. The molecule has 0 amide bonds. The highest BCUT2D eigenvalue weighted by Gasteiger charge is 2.09. The van der Waals surface area contributed by atoms with E-state index in [4.69, 9.17) is 16.3 Å². The molecule has 0 saturated carbocycles. The summed E-state index contributed by atoms with van der Waals surface area (Å²) < 4.78 is 5.97. The molecule has 1 N–H and O–H groups in total. The quantitative estimate of drug-likeness (QED) is 0.257. The average molecular weight is 434 g/mol. The van der Waals surface area contributed by atoms with Crippen LogP contribution < -0.4 is 10.2 Å². The smallest absolute Gasteiger partial charge is 0.204 e. The molecule has 0 radical (unpaired) electrons. The van der Waals surface area contributed by atoms with Crippen molar-refractivity contribution in [3.05, 3.63) is 99.9 Å². The third-order valence-electron chi connectivity index (χ3n) is 4.43. The largest absolute Gasteiger partial charge is 0.488 e. The van der Waals surface area contributed by atoms with E-state index >= 15 is 0 Å². The molecular weight excluding hydrogens is 414 g/mol. The number of halogens is 1. The number of benzene rings is 3. The van der Waals surface area contributed by atoms with Crippen LogP contribution in [0.2, 0.25) is 5.02 Å². The number of hydrogen-bond acceptors (Lipinski definition) is 5. The summed E-state index contributed by atoms with van der Waals surface area (Å²) in [6.45, 7) is 2.52. The normalized spacial score (nSPS) is 11.0. The number of hydrogen-bond donors (Lipinski definition) is 1. The van der Waals surface area contributed by atoms with Crippen molar-refractivity contribution in [1.29, 1.82) is 0 Å². The summed E-state index contributed by atoms with van der Waals surface area (Å²) in [5.41, 5.74) is 7.05. The molecule has 4 nitrogen and oxygen atoms in total. The summed E-state index contributed by atoms with van der Waals surface area (Å²) in [4.78, 5) is 5.81. The summed E-state index contributed by atoms with van der Waals surface area (Å²) in [7, 11) is 0. The number of para-hydroxylation sites is 1. The number of hydrazone groups is 1. The van der Waals surface area contributed by atoms with Gasteiger partial charge >= 0.3 is 0 Å². The lowest BCUT2D eigenvalue weighted by atomic mass is 10.1. The zero-order valence-corrected chi connectivity index (χ0v) is 18.0. The van der Waals surface area contributed by atoms with Crippen LogP contribution in [-0.2, 0) is 6.61 Å². The zero-order valence-electron chi connectivity index (χ0n) is 16.4. The highest BCUT2D eigenvalue weighted by Crippen LogP contribution is 2.30. The second kappa shape index (κ2) is 9.57. The van der Waals surface area contributed by atoms with Crippen LogP contribution in [0.25, 0.3) is 11.3 Å². The lowest BCUT2D eigenvalue weighted by Crippen LogP contribution is -1.99. The average Bonchev–Trinajstić information content (AvgIpc) is 3.15. The Morgan fingerprint density at radius 2 is 1.73 bits per heavy atom. The fraction of sp³-hybridized carbons (Fsp3) is 0.0833. The van der Waals surface area contributed by atoms with E-state index in [1.807, 2.05) is 66.7 Å². The van der Waals surface area contributed by atoms with Crippen LogP contribution in [0.1, 0.15) is 16.0 Å². The van der Waals surface area contributed by atoms with Crippen LogP contribution in [0.15, 0.2) is 84.0 Å². The molecule has 0 bridgehead atoms. The van der Waals surface area contributed by atoms with Gasteiger partial charge in [-0.3, -0.25) is 5.43 Å². The van der Waals surface area contributed by atoms with Crippen molar-refractivity contribution in [2.24, 2.45) is 5.10 Å². The van der Waals surface area contributed by atoms with Crippen LogP contribution in [0.5, 0.6) is 5.75 Å². The van der Waals surface area contributed by atoms with E-state index in [0.717, 1.165) is 38.1 Å². The van der Waals surface area contributed by atoms with E-state index < -0.39 is 0 Å². The van der Waals surface area contributed by atoms with Crippen LogP contribution in [0, 0.1) is 6.92 Å². The molecule has 0 spiro atoms. The van der Waals surface area contributed by atoms with Crippen molar-refractivity contribution in [2.45, 2.75) is 13.5 Å². The van der Waals surface area contributed by atoms with Gasteiger partial charge in [0.05, 0.1) is 11.9 Å². The zero-order chi connectivity index (χ0) is 20.8. The summed E-state index contributed by atoms with van der Waals surface area (Å²) in [6.07, 6.45) is 1.75. The van der Waals surface area contributed by atoms with Gasteiger partial charge in [0, 0.05) is 21.0 Å². The number of aromatic nitrogens is 1. The van der Waals surface area contributed by atoms with Gasteiger partial charge in [-0.15, -0.1) is 11.3 Å². The second-order valence-corrected chi connectivity index (χ2v) is 8.25. The molecule has 30 heavy (non-hydrogen) atoms. The number of nitrogens with zero attached hydrogens (tertiary/aromatic N) is 2.